The molecule has 3 aromatic carbocycles. The monoisotopic (exact) mass is 435 g/mol. The van der Waals surface area contributed by atoms with Crippen LogP contribution < -0.4 is 9.64 Å². The second kappa shape index (κ2) is 9.32. The van der Waals surface area contributed by atoms with E-state index in [1.54, 1.807) is 36.3 Å². The molecule has 1 unspecified atom stereocenters. The highest BCUT2D eigenvalue weighted by atomic mass is 19.1. The number of hydrogen-bond acceptors (Lipinski definition) is 3. The molecule has 2 atom stereocenters. The lowest BCUT2D eigenvalue weighted by atomic mass is 9.79. The van der Waals surface area contributed by atoms with Crippen LogP contribution in [-0.4, -0.2) is 24.7 Å². The topological polar surface area (TPSA) is 49.8 Å². The summed E-state index contributed by atoms with van der Waals surface area (Å²) in [7, 11) is 1.59. The van der Waals surface area contributed by atoms with Crippen LogP contribution in [0.2, 0.25) is 0 Å². The van der Waals surface area contributed by atoms with Gasteiger partial charge in [-0.2, -0.15) is 0 Å². The van der Waals surface area contributed by atoms with Crippen molar-refractivity contribution in [2.75, 3.05) is 18.6 Å². The normalized spacial score (nSPS) is 18.4. The van der Waals surface area contributed by atoms with E-state index < -0.39 is 0 Å². The number of halogens is 2. The van der Waals surface area contributed by atoms with E-state index in [0.717, 1.165) is 5.56 Å². The molecule has 4 rings (SSSR count). The van der Waals surface area contributed by atoms with Crippen LogP contribution in [0.15, 0.2) is 78.9 Å². The number of hydrogen-bond donors (Lipinski definition) is 1. The Bertz CT molecular complexity index is 1110. The third-order valence-electron chi connectivity index (χ3n) is 5.78. The maximum atomic E-state index is 13.4. The molecule has 0 spiro atoms. The molecular weight excluding hydrogens is 412 g/mol. The Hall–Kier alpha value is -3.51. The fourth-order valence-electron chi connectivity index (χ4n) is 4.06. The summed E-state index contributed by atoms with van der Waals surface area (Å²) in [4.78, 5) is 14.8. The Morgan fingerprint density at radius 1 is 0.969 bits per heavy atom. The number of β-lactam (4-membered cyclic amide) rings is 1. The van der Waals surface area contributed by atoms with Gasteiger partial charge in [0.15, 0.2) is 0 Å². The fraction of sp³-hybridized carbons (Fsp3) is 0.192. The van der Waals surface area contributed by atoms with Gasteiger partial charge in [0.25, 0.3) is 0 Å². The van der Waals surface area contributed by atoms with Crippen molar-refractivity contribution in [1.82, 2.24) is 0 Å². The van der Waals surface area contributed by atoms with Crippen LogP contribution >= 0.6 is 0 Å². The summed E-state index contributed by atoms with van der Waals surface area (Å²) in [6.45, 7) is -0.221. The summed E-state index contributed by atoms with van der Waals surface area (Å²) in [5.41, 5.74) is 2.89. The molecule has 0 radical (unpaired) electrons. The van der Waals surface area contributed by atoms with Crippen LogP contribution in [0.4, 0.5) is 14.5 Å². The minimum absolute atomic E-state index is 0.0786. The molecule has 1 aliphatic rings. The molecule has 1 N–H and O–H groups in total. The summed E-state index contributed by atoms with van der Waals surface area (Å²) >= 11 is 0. The van der Waals surface area contributed by atoms with Crippen molar-refractivity contribution in [2.24, 2.45) is 5.92 Å². The summed E-state index contributed by atoms with van der Waals surface area (Å²) in [5.74, 6) is -0.438. The first-order valence-electron chi connectivity index (χ1n) is 10.3. The second-order valence-corrected chi connectivity index (χ2v) is 7.64. The van der Waals surface area contributed by atoms with Crippen molar-refractivity contribution in [3.63, 3.8) is 0 Å². The van der Waals surface area contributed by atoms with Crippen LogP contribution in [0, 0.1) is 17.6 Å². The largest absolute Gasteiger partial charge is 0.497 e. The van der Waals surface area contributed by atoms with Gasteiger partial charge >= 0.3 is 0 Å². The maximum absolute atomic E-state index is 13.4. The molecule has 4 nitrogen and oxygen atoms in total. The Morgan fingerprint density at radius 2 is 1.56 bits per heavy atom. The predicted molar refractivity (Wildman–Crippen MR) is 119 cm³/mol. The van der Waals surface area contributed by atoms with E-state index in [0.29, 0.717) is 29.0 Å². The van der Waals surface area contributed by atoms with Crippen molar-refractivity contribution in [3.8, 4) is 5.75 Å². The highest BCUT2D eigenvalue weighted by molar-refractivity contribution is 6.03. The highest BCUT2D eigenvalue weighted by Crippen LogP contribution is 2.45. The predicted octanol–water partition coefficient (Wildman–Crippen LogP) is 5.14. The molecule has 1 saturated heterocycles. The number of allylic oxidation sites excluding steroid dienone is 1. The van der Waals surface area contributed by atoms with Crippen LogP contribution in [0.3, 0.4) is 0 Å². The van der Waals surface area contributed by atoms with E-state index in [4.69, 9.17) is 4.74 Å². The van der Waals surface area contributed by atoms with Gasteiger partial charge < -0.3 is 14.7 Å². The maximum Gasteiger partial charge on any atom is 0.233 e. The number of anilines is 1. The van der Waals surface area contributed by atoms with Crippen LogP contribution in [0.1, 0.15) is 23.6 Å². The molecule has 1 heterocycles. The van der Waals surface area contributed by atoms with Gasteiger partial charge in [0.05, 0.1) is 25.7 Å². The number of amides is 1. The van der Waals surface area contributed by atoms with E-state index in [2.05, 4.69) is 0 Å². The zero-order valence-electron chi connectivity index (χ0n) is 17.5. The molecule has 0 bridgehead atoms. The molecule has 1 fully saturated rings. The van der Waals surface area contributed by atoms with Gasteiger partial charge in [-0.1, -0.05) is 30.3 Å². The number of methoxy groups -OCH3 is 1. The van der Waals surface area contributed by atoms with Gasteiger partial charge in [-0.15, -0.1) is 0 Å². The lowest BCUT2D eigenvalue weighted by molar-refractivity contribution is -0.130. The fourth-order valence-corrected chi connectivity index (χ4v) is 4.06. The van der Waals surface area contributed by atoms with Crippen molar-refractivity contribution in [3.05, 3.63) is 102 Å². The number of rotatable bonds is 7. The van der Waals surface area contributed by atoms with Gasteiger partial charge in [-0.05, 0) is 71.7 Å². The number of aliphatic hydroxyl groups is 1. The van der Waals surface area contributed by atoms with E-state index in [1.165, 1.54) is 24.3 Å². The molecule has 6 heteroatoms. The van der Waals surface area contributed by atoms with E-state index in [9.17, 15) is 18.7 Å². The number of carbonyl (C=O) groups is 1. The van der Waals surface area contributed by atoms with Gasteiger partial charge in [0.1, 0.15) is 17.4 Å². The third kappa shape index (κ3) is 4.27. The number of carbonyl (C=O) groups excluding carboxylic acids is 1. The third-order valence-corrected chi connectivity index (χ3v) is 5.78. The molecule has 3 aromatic rings. The van der Waals surface area contributed by atoms with E-state index in [-0.39, 0.29) is 36.1 Å². The number of ether oxygens (including phenoxy) is 1. The summed E-state index contributed by atoms with van der Waals surface area (Å²) in [6, 6.07) is 19.0. The second-order valence-electron chi connectivity index (χ2n) is 7.64. The average Bonchev–Trinajstić information content (AvgIpc) is 2.82. The van der Waals surface area contributed by atoms with Crippen LogP contribution in [-0.2, 0) is 4.79 Å². The Balaban J connectivity index is 1.63. The quantitative estimate of drug-likeness (QED) is 0.523. The first kappa shape index (κ1) is 21.7. The first-order valence-corrected chi connectivity index (χ1v) is 10.3. The number of benzene rings is 3. The molecule has 164 valence electrons. The first-order chi connectivity index (χ1) is 15.5. The van der Waals surface area contributed by atoms with Crippen molar-refractivity contribution in [2.45, 2.75) is 12.5 Å². The number of aliphatic hydroxyl groups excluding tert-OH is 1. The minimum Gasteiger partial charge on any atom is -0.497 e. The van der Waals surface area contributed by atoms with Crippen molar-refractivity contribution >= 4 is 17.2 Å². The number of nitrogens with zero attached hydrogens (tertiary/aromatic N) is 1. The van der Waals surface area contributed by atoms with E-state index >= 15 is 0 Å². The molecule has 1 amide bonds. The van der Waals surface area contributed by atoms with Gasteiger partial charge in [0.2, 0.25) is 5.91 Å². The summed E-state index contributed by atoms with van der Waals surface area (Å²) < 4.78 is 31.9. The molecule has 32 heavy (non-hydrogen) atoms. The Kier molecular flexibility index (Phi) is 6.32. The van der Waals surface area contributed by atoms with Crippen LogP contribution in [0.5, 0.6) is 5.75 Å². The molecule has 0 aliphatic carbocycles. The van der Waals surface area contributed by atoms with Gasteiger partial charge in [-0.25, -0.2) is 8.78 Å². The zero-order chi connectivity index (χ0) is 22.7. The summed E-state index contributed by atoms with van der Waals surface area (Å²) in [6.07, 6.45) is 2.23. The highest BCUT2D eigenvalue weighted by Gasteiger charge is 2.48. The zero-order valence-corrected chi connectivity index (χ0v) is 17.5. The molecular formula is C26H23F2NO3. The van der Waals surface area contributed by atoms with Crippen molar-refractivity contribution < 1.29 is 23.4 Å². The molecule has 1 aliphatic heterocycles. The van der Waals surface area contributed by atoms with Crippen molar-refractivity contribution in [1.29, 1.82) is 0 Å². The van der Waals surface area contributed by atoms with Crippen LogP contribution in [0.25, 0.3) is 5.57 Å². The van der Waals surface area contributed by atoms with E-state index in [1.807, 2.05) is 30.3 Å². The Labute approximate surface area is 185 Å². The SMILES string of the molecule is COc1ccc([C@@H]2C(C/C=C(\CO)c3ccc(F)cc3)C(=O)N2c2ccc(F)cc2)cc1. The average molecular weight is 435 g/mol. The smallest absolute Gasteiger partial charge is 0.233 e. The minimum atomic E-state index is -0.367. The lowest BCUT2D eigenvalue weighted by Crippen LogP contribution is -2.55. The lowest BCUT2D eigenvalue weighted by Gasteiger charge is -2.47. The van der Waals surface area contributed by atoms with Gasteiger partial charge in [-0.3, -0.25) is 4.79 Å². The Morgan fingerprint density at radius 3 is 2.12 bits per heavy atom. The molecule has 0 saturated carbocycles. The standard InChI is InChI=1S/C26H23F2NO3/c1-32-23-13-4-18(5-14-23)25-24(26(31)29(25)22-11-9-21(28)10-12-22)15-6-19(16-30)17-2-7-20(27)8-3-17/h2-14,24-25,30H,15-16H2,1H3/b19-6+/t24?,25-/m1/s1. The summed E-state index contributed by atoms with van der Waals surface area (Å²) in [5, 5.41) is 9.81. The molecule has 0 aromatic heterocycles. The van der Waals surface area contributed by atoms with Gasteiger partial charge in [0, 0.05) is 5.69 Å².